The minimum atomic E-state index is -1.50. The van der Waals surface area contributed by atoms with Crippen LogP contribution in [0.4, 0.5) is 0 Å². The number of aliphatic hydroxyl groups is 1. The van der Waals surface area contributed by atoms with Crippen LogP contribution in [0.15, 0.2) is 71.7 Å². The first-order chi connectivity index (χ1) is 12.8. The normalized spacial score (nSPS) is 12.6. The van der Waals surface area contributed by atoms with Gasteiger partial charge in [0.05, 0.1) is 12.9 Å². The van der Waals surface area contributed by atoms with Crippen molar-refractivity contribution in [3.63, 3.8) is 0 Å². The van der Waals surface area contributed by atoms with Crippen molar-refractivity contribution >= 4 is 27.5 Å². The molecule has 7 nitrogen and oxygen atoms in total. The van der Waals surface area contributed by atoms with Crippen molar-refractivity contribution in [1.82, 2.24) is 9.55 Å². The van der Waals surface area contributed by atoms with Crippen molar-refractivity contribution in [2.75, 3.05) is 0 Å². The maximum Gasteiger partial charge on any atom is 0.291 e. The third-order valence-electron chi connectivity index (χ3n) is 3.78. The molecule has 1 unspecified atom stereocenters. The molecule has 2 aromatic carbocycles. The van der Waals surface area contributed by atoms with Crippen LogP contribution in [-0.4, -0.2) is 25.0 Å². The zero-order chi connectivity index (χ0) is 19.9. The van der Waals surface area contributed by atoms with Gasteiger partial charge in [0.1, 0.15) is 5.60 Å². The lowest BCUT2D eigenvalue weighted by atomic mass is 9.87. The van der Waals surface area contributed by atoms with Crippen LogP contribution < -0.4 is 0 Å². The van der Waals surface area contributed by atoms with Gasteiger partial charge in [-0.25, -0.2) is 4.98 Å². The molecule has 0 fully saturated rings. The molecule has 0 bridgehead atoms. The van der Waals surface area contributed by atoms with Gasteiger partial charge in [0.2, 0.25) is 0 Å². The summed E-state index contributed by atoms with van der Waals surface area (Å²) < 4.78 is 2.67. The van der Waals surface area contributed by atoms with Gasteiger partial charge in [-0.15, -0.1) is 10.1 Å². The van der Waals surface area contributed by atoms with Crippen LogP contribution >= 0.6 is 27.5 Å². The summed E-state index contributed by atoms with van der Waals surface area (Å²) in [6.07, 6.45) is 5.76. The fourth-order valence-corrected chi connectivity index (χ4v) is 3.77. The Labute approximate surface area is 169 Å². The molecule has 2 N–H and O–H groups in total. The maximum atomic E-state index is 11.5. The molecule has 9 heteroatoms. The van der Waals surface area contributed by atoms with E-state index >= 15 is 0 Å². The average Bonchev–Trinajstić information content (AvgIpc) is 3.07. The molecule has 0 aliphatic heterocycles. The fourth-order valence-electron chi connectivity index (χ4n) is 2.72. The number of imidazole rings is 1. The van der Waals surface area contributed by atoms with Crippen molar-refractivity contribution in [1.29, 1.82) is 0 Å². The lowest BCUT2D eigenvalue weighted by Gasteiger charge is -2.30. The quantitative estimate of drug-likeness (QED) is 0.447. The summed E-state index contributed by atoms with van der Waals surface area (Å²) in [4.78, 5) is 12.4. The van der Waals surface area contributed by atoms with Crippen LogP contribution in [0.3, 0.4) is 0 Å². The summed E-state index contributed by atoms with van der Waals surface area (Å²) >= 11 is 9.57. The first-order valence-corrected chi connectivity index (χ1v) is 8.98. The predicted molar refractivity (Wildman–Crippen MR) is 104 cm³/mol. The zero-order valence-electron chi connectivity index (χ0n) is 14.1. The van der Waals surface area contributed by atoms with E-state index in [4.69, 9.17) is 26.9 Å². The number of nitrogens with zero attached hydrogens (tertiary/aromatic N) is 3. The highest BCUT2D eigenvalue weighted by Gasteiger charge is 2.32. The highest BCUT2D eigenvalue weighted by molar-refractivity contribution is 9.10. The van der Waals surface area contributed by atoms with Gasteiger partial charge in [0.15, 0.2) is 0 Å². The molecule has 0 aliphatic rings. The van der Waals surface area contributed by atoms with Crippen LogP contribution in [0, 0.1) is 10.1 Å². The van der Waals surface area contributed by atoms with Gasteiger partial charge < -0.3 is 14.9 Å². The Hall–Kier alpha value is -2.42. The fraction of sp³-hybridized carbons (Fsp3) is 0.167. The van der Waals surface area contributed by atoms with Crippen molar-refractivity contribution < 1.29 is 15.4 Å². The largest absolute Gasteiger partial charge is 0.383 e. The minimum absolute atomic E-state index is 0.405. The molecule has 0 aliphatic carbocycles. The van der Waals surface area contributed by atoms with Gasteiger partial charge in [-0.05, 0) is 23.3 Å². The Balaban J connectivity index is 0.000000596. The first kappa shape index (κ1) is 20.9. The van der Waals surface area contributed by atoms with Gasteiger partial charge >= 0.3 is 0 Å². The molecule has 27 heavy (non-hydrogen) atoms. The molecular weight excluding hydrogens is 438 g/mol. The topological polar surface area (TPSA) is 101 Å². The Kier molecular flexibility index (Phi) is 7.35. The minimum Gasteiger partial charge on any atom is -0.383 e. The van der Waals surface area contributed by atoms with E-state index in [1.807, 2.05) is 47.2 Å². The maximum absolute atomic E-state index is 11.5. The van der Waals surface area contributed by atoms with E-state index in [0.717, 1.165) is 15.6 Å². The van der Waals surface area contributed by atoms with E-state index in [1.165, 1.54) is 0 Å². The van der Waals surface area contributed by atoms with E-state index in [0.29, 0.717) is 18.0 Å². The molecule has 0 saturated carbocycles. The van der Waals surface area contributed by atoms with Crippen LogP contribution in [0.2, 0.25) is 5.02 Å². The summed E-state index contributed by atoms with van der Waals surface area (Å²) in [6, 6.07) is 15.4. The summed E-state index contributed by atoms with van der Waals surface area (Å²) in [5.74, 6) is 0. The van der Waals surface area contributed by atoms with Gasteiger partial charge in [-0.2, -0.15) is 0 Å². The SMILES string of the molecule is O=[N+]([O-])O.OC(Cc1ccccc1)(Cn1ccnc1)c1ccc(Cl)cc1Br. The van der Waals surface area contributed by atoms with Crippen LogP contribution in [0.1, 0.15) is 11.1 Å². The summed E-state index contributed by atoms with van der Waals surface area (Å²) in [7, 11) is 0. The van der Waals surface area contributed by atoms with E-state index in [-0.39, 0.29) is 0 Å². The molecule has 3 rings (SSSR count). The number of halogens is 2. The van der Waals surface area contributed by atoms with Crippen LogP contribution in [0.25, 0.3) is 0 Å². The van der Waals surface area contributed by atoms with Crippen LogP contribution in [-0.2, 0) is 18.6 Å². The molecule has 0 amide bonds. The van der Waals surface area contributed by atoms with Gasteiger partial charge in [-0.1, -0.05) is 63.9 Å². The Morgan fingerprint density at radius 2 is 1.93 bits per heavy atom. The summed E-state index contributed by atoms with van der Waals surface area (Å²) in [5, 5.41) is 25.7. The van der Waals surface area contributed by atoms with Gasteiger partial charge in [-0.3, -0.25) is 0 Å². The smallest absolute Gasteiger partial charge is 0.291 e. The van der Waals surface area contributed by atoms with Crippen molar-refractivity contribution in [3.05, 3.63) is 98.0 Å². The number of benzene rings is 2. The Morgan fingerprint density at radius 1 is 1.26 bits per heavy atom. The van der Waals surface area contributed by atoms with Gasteiger partial charge in [0, 0.05) is 28.3 Å². The molecule has 0 saturated heterocycles. The second-order valence-electron chi connectivity index (χ2n) is 5.79. The van der Waals surface area contributed by atoms with Crippen molar-refractivity contribution in [3.8, 4) is 0 Å². The Bertz CT molecular complexity index is 874. The zero-order valence-corrected chi connectivity index (χ0v) is 16.4. The molecule has 1 aromatic heterocycles. The molecular formula is C18H17BrClN3O4. The standard InChI is InChI=1S/C18H16BrClN2O.HNO3/c19-17-10-15(20)6-7-16(17)18(23,12-22-9-8-21-13-22)11-14-4-2-1-3-5-14;2-1(3)4/h1-10,13,23H,11-12H2;(H,2,3,4). The number of rotatable bonds is 5. The number of aromatic nitrogens is 2. The molecule has 0 radical (unpaired) electrons. The first-order valence-electron chi connectivity index (χ1n) is 7.81. The Morgan fingerprint density at radius 3 is 2.48 bits per heavy atom. The molecule has 142 valence electrons. The third-order valence-corrected chi connectivity index (χ3v) is 4.67. The molecule has 3 aromatic rings. The van der Waals surface area contributed by atoms with Crippen molar-refractivity contribution in [2.24, 2.45) is 0 Å². The summed E-state index contributed by atoms with van der Waals surface area (Å²) in [5.41, 5.74) is 0.794. The lowest BCUT2D eigenvalue weighted by Crippen LogP contribution is -2.34. The average molecular weight is 455 g/mol. The van der Waals surface area contributed by atoms with Crippen molar-refractivity contribution in [2.45, 2.75) is 18.6 Å². The van der Waals surface area contributed by atoms with Gasteiger partial charge in [0.25, 0.3) is 5.09 Å². The highest BCUT2D eigenvalue weighted by atomic mass is 79.9. The number of hydrogen-bond acceptors (Lipinski definition) is 4. The number of hydrogen-bond donors (Lipinski definition) is 2. The third kappa shape index (κ3) is 6.35. The second-order valence-corrected chi connectivity index (χ2v) is 7.08. The van der Waals surface area contributed by atoms with Crippen LogP contribution in [0.5, 0.6) is 0 Å². The molecule has 0 spiro atoms. The van der Waals surface area contributed by atoms with E-state index < -0.39 is 10.7 Å². The molecule has 1 atom stereocenters. The lowest BCUT2D eigenvalue weighted by molar-refractivity contribution is -0.742. The summed E-state index contributed by atoms with van der Waals surface area (Å²) in [6.45, 7) is 0.405. The predicted octanol–water partition coefficient (Wildman–Crippen LogP) is 4.08. The monoisotopic (exact) mass is 453 g/mol. The highest BCUT2D eigenvalue weighted by Crippen LogP contribution is 2.34. The van der Waals surface area contributed by atoms with E-state index in [1.54, 1.807) is 24.7 Å². The van der Waals surface area contributed by atoms with E-state index in [9.17, 15) is 5.11 Å². The second kappa shape index (κ2) is 9.50. The van der Waals surface area contributed by atoms with E-state index in [2.05, 4.69) is 20.9 Å². The molecule has 1 heterocycles.